The molecule has 3 heterocycles. The molecule has 0 radical (unpaired) electrons. The molecule has 128 valence electrons. The molecule has 0 N–H and O–H groups in total. The van der Waals surface area contributed by atoms with Gasteiger partial charge in [0.1, 0.15) is 5.75 Å². The molecule has 0 fully saturated rings. The normalized spacial score (nSPS) is 10.8. The molecule has 0 aliphatic rings. The van der Waals surface area contributed by atoms with Crippen LogP contribution in [0.3, 0.4) is 0 Å². The molecule has 0 aliphatic carbocycles. The van der Waals surface area contributed by atoms with Crippen LogP contribution in [-0.2, 0) is 7.05 Å². The number of pyridine rings is 3. The first-order chi connectivity index (χ1) is 12.7. The highest BCUT2D eigenvalue weighted by Gasteiger charge is 2.11. The molecule has 0 spiro atoms. The molecule has 5 nitrogen and oxygen atoms in total. The molecule has 4 rings (SSSR count). The lowest BCUT2D eigenvalue weighted by atomic mass is 10.0. The van der Waals surface area contributed by atoms with E-state index in [9.17, 15) is 4.79 Å². The number of ether oxygens (including phenoxy) is 1. The molecule has 0 aliphatic heterocycles. The lowest BCUT2D eigenvalue weighted by Gasteiger charge is -2.11. The number of hydrogen-bond donors (Lipinski definition) is 0. The summed E-state index contributed by atoms with van der Waals surface area (Å²) in [5.74, 6) is 0.759. The maximum Gasteiger partial charge on any atom is 0.258 e. The van der Waals surface area contributed by atoms with Crippen molar-refractivity contribution >= 4 is 10.9 Å². The van der Waals surface area contributed by atoms with Crippen LogP contribution in [0, 0.1) is 0 Å². The molecule has 5 heteroatoms. The van der Waals surface area contributed by atoms with Gasteiger partial charge in [-0.3, -0.25) is 14.8 Å². The average molecular weight is 343 g/mol. The molecule has 1 aromatic carbocycles. The van der Waals surface area contributed by atoms with Crippen molar-refractivity contribution in [2.45, 2.75) is 0 Å². The summed E-state index contributed by atoms with van der Waals surface area (Å²) in [5, 5.41) is 0.913. The topological polar surface area (TPSA) is 57.0 Å². The molecule has 0 unspecified atom stereocenters. The highest BCUT2D eigenvalue weighted by Crippen LogP contribution is 2.25. The quantitative estimate of drug-likeness (QED) is 0.569. The lowest BCUT2D eigenvalue weighted by molar-refractivity contribution is 0.415. The molecule has 0 bridgehead atoms. The fraction of sp³-hybridized carbons (Fsp3) is 0.0952. The zero-order valence-corrected chi connectivity index (χ0v) is 14.5. The Morgan fingerprint density at radius 3 is 2.38 bits per heavy atom. The molecule has 0 saturated carbocycles. The van der Waals surface area contributed by atoms with Gasteiger partial charge in [0.25, 0.3) is 5.56 Å². The Kier molecular flexibility index (Phi) is 3.97. The Bertz CT molecular complexity index is 1130. The van der Waals surface area contributed by atoms with Gasteiger partial charge in [0, 0.05) is 42.2 Å². The standard InChI is InChI=1S/C21H17N3O2/c1-24-20-12-19(15-7-9-22-10-8-15)23-13-16(20)11-18(21(24)25)14-3-5-17(26-2)6-4-14/h3-13H,1-2H3. The minimum absolute atomic E-state index is 0.0467. The number of aromatic nitrogens is 3. The molecular weight excluding hydrogens is 326 g/mol. The Labute approximate surface area is 150 Å². The predicted octanol–water partition coefficient (Wildman–Crippen LogP) is 3.67. The smallest absolute Gasteiger partial charge is 0.258 e. The summed E-state index contributed by atoms with van der Waals surface area (Å²) in [5.41, 5.74) is 4.07. The van der Waals surface area contributed by atoms with Crippen LogP contribution < -0.4 is 10.3 Å². The van der Waals surface area contributed by atoms with Crippen LogP contribution in [0.15, 0.2) is 71.9 Å². The van der Waals surface area contributed by atoms with Gasteiger partial charge in [-0.15, -0.1) is 0 Å². The highest BCUT2D eigenvalue weighted by molar-refractivity contribution is 5.86. The van der Waals surface area contributed by atoms with Crippen LogP contribution in [-0.4, -0.2) is 21.6 Å². The first-order valence-electron chi connectivity index (χ1n) is 8.22. The van der Waals surface area contributed by atoms with E-state index in [0.29, 0.717) is 5.56 Å². The van der Waals surface area contributed by atoms with Crippen molar-refractivity contribution in [2.75, 3.05) is 7.11 Å². The van der Waals surface area contributed by atoms with Gasteiger partial charge in [-0.1, -0.05) is 12.1 Å². The molecule has 4 aromatic rings. The molecule has 3 aromatic heterocycles. The second kappa shape index (κ2) is 6.44. The summed E-state index contributed by atoms with van der Waals surface area (Å²) in [6.07, 6.45) is 5.26. The third-order valence-corrected chi connectivity index (χ3v) is 4.49. The van der Waals surface area contributed by atoms with Crippen molar-refractivity contribution in [1.29, 1.82) is 0 Å². The first kappa shape index (κ1) is 16.0. The van der Waals surface area contributed by atoms with Crippen LogP contribution in [0.1, 0.15) is 0 Å². The van der Waals surface area contributed by atoms with Crippen LogP contribution in [0.2, 0.25) is 0 Å². The van der Waals surface area contributed by atoms with Crippen molar-refractivity contribution in [1.82, 2.24) is 14.5 Å². The van der Waals surface area contributed by atoms with Gasteiger partial charge in [0.2, 0.25) is 0 Å². The van der Waals surface area contributed by atoms with Gasteiger partial charge in [-0.2, -0.15) is 0 Å². The Balaban J connectivity index is 1.88. The Hall–Kier alpha value is -3.47. The summed E-state index contributed by atoms with van der Waals surface area (Å²) in [6.45, 7) is 0. The number of aryl methyl sites for hydroxylation is 1. The molecular formula is C21H17N3O2. The summed E-state index contributed by atoms with van der Waals surface area (Å²) < 4.78 is 6.85. The van der Waals surface area contributed by atoms with Crippen molar-refractivity contribution < 1.29 is 4.74 Å². The second-order valence-electron chi connectivity index (χ2n) is 6.01. The van der Waals surface area contributed by atoms with E-state index in [4.69, 9.17) is 4.74 Å². The van der Waals surface area contributed by atoms with Gasteiger partial charge in [-0.25, -0.2) is 0 Å². The summed E-state index contributed by atoms with van der Waals surface area (Å²) >= 11 is 0. The number of methoxy groups -OCH3 is 1. The monoisotopic (exact) mass is 343 g/mol. The number of hydrogen-bond acceptors (Lipinski definition) is 4. The van der Waals surface area contributed by atoms with Gasteiger partial charge in [0.05, 0.1) is 18.3 Å². The maximum absolute atomic E-state index is 12.9. The van der Waals surface area contributed by atoms with Crippen LogP contribution in [0.25, 0.3) is 33.3 Å². The number of fused-ring (bicyclic) bond motifs is 1. The Morgan fingerprint density at radius 2 is 1.69 bits per heavy atom. The van der Waals surface area contributed by atoms with Crippen LogP contribution >= 0.6 is 0 Å². The minimum Gasteiger partial charge on any atom is -0.497 e. The predicted molar refractivity (Wildman–Crippen MR) is 102 cm³/mol. The number of benzene rings is 1. The van der Waals surface area contributed by atoms with E-state index in [1.807, 2.05) is 48.5 Å². The van der Waals surface area contributed by atoms with Gasteiger partial charge >= 0.3 is 0 Å². The molecule has 0 amide bonds. The number of nitrogens with zero attached hydrogens (tertiary/aromatic N) is 3. The molecule has 0 atom stereocenters. The largest absolute Gasteiger partial charge is 0.497 e. The lowest BCUT2D eigenvalue weighted by Crippen LogP contribution is -2.19. The highest BCUT2D eigenvalue weighted by atomic mass is 16.5. The fourth-order valence-corrected chi connectivity index (χ4v) is 3.02. The molecule has 0 saturated heterocycles. The fourth-order valence-electron chi connectivity index (χ4n) is 3.02. The number of rotatable bonds is 3. The summed E-state index contributed by atoms with van der Waals surface area (Å²) in [4.78, 5) is 21.5. The van der Waals surface area contributed by atoms with Crippen LogP contribution in [0.5, 0.6) is 5.75 Å². The van der Waals surface area contributed by atoms with E-state index in [1.54, 1.807) is 37.3 Å². The van der Waals surface area contributed by atoms with E-state index in [2.05, 4.69) is 9.97 Å². The van der Waals surface area contributed by atoms with Crippen molar-refractivity contribution in [3.8, 4) is 28.1 Å². The zero-order chi connectivity index (χ0) is 18.1. The van der Waals surface area contributed by atoms with Crippen molar-refractivity contribution in [3.63, 3.8) is 0 Å². The SMILES string of the molecule is COc1ccc(-c2cc3cnc(-c4ccncc4)cc3n(C)c2=O)cc1. The van der Waals surface area contributed by atoms with Crippen molar-refractivity contribution in [3.05, 3.63) is 77.5 Å². The summed E-state index contributed by atoms with van der Waals surface area (Å²) in [7, 11) is 3.41. The maximum atomic E-state index is 12.9. The summed E-state index contributed by atoms with van der Waals surface area (Å²) in [6, 6.07) is 15.1. The van der Waals surface area contributed by atoms with E-state index in [-0.39, 0.29) is 5.56 Å². The minimum atomic E-state index is -0.0467. The molecule has 26 heavy (non-hydrogen) atoms. The van der Waals surface area contributed by atoms with Gasteiger partial charge in [0.15, 0.2) is 0 Å². The van der Waals surface area contributed by atoms with Crippen LogP contribution in [0.4, 0.5) is 0 Å². The van der Waals surface area contributed by atoms with Gasteiger partial charge in [-0.05, 0) is 42.0 Å². The third-order valence-electron chi connectivity index (χ3n) is 4.49. The zero-order valence-electron chi connectivity index (χ0n) is 14.5. The van der Waals surface area contributed by atoms with E-state index >= 15 is 0 Å². The van der Waals surface area contributed by atoms with Crippen molar-refractivity contribution in [2.24, 2.45) is 7.05 Å². The third kappa shape index (κ3) is 2.73. The Morgan fingerprint density at radius 1 is 0.962 bits per heavy atom. The van der Waals surface area contributed by atoms with E-state index < -0.39 is 0 Å². The first-order valence-corrected chi connectivity index (χ1v) is 8.22. The van der Waals surface area contributed by atoms with E-state index in [0.717, 1.165) is 33.5 Å². The average Bonchev–Trinajstić information content (AvgIpc) is 2.71. The van der Waals surface area contributed by atoms with E-state index in [1.165, 1.54) is 0 Å². The second-order valence-corrected chi connectivity index (χ2v) is 6.01. The van der Waals surface area contributed by atoms with Gasteiger partial charge < -0.3 is 9.30 Å².